The summed E-state index contributed by atoms with van der Waals surface area (Å²) in [6, 6.07) is 21.5. The van der Waals surface area contributed by atoms with Gasteiger partial charge in [-0.2, -0.15) is 0 Å². The molecule has 1 amide bonds. The number of carboxylic acids is 1. The number of nitrogens with zero attached hydrogens (tertiary/aromatic N) is 2. The van der Waals surface area contributed by atoms with Gasteiger partial charge in [-0.25, -0.2) is 9.79 Å². The van der Waals surface area contributed by atoms with Gasteiger partial charge in [0.25, 0.3) is 5.91 Å². The molecule has 4 rings (SSSR count). The van der Waals surface area contributed by atoms with E-state index in [1.165, 1.54) is 11.8 Å². The van der Waals surface area contributed by atoms with Gasteiger partial charge in [-0.05, 0) is 83.4 Å². The first-order chi connectivity index (χ1) is 17.8. The van der Waals surface area contributed by atoms with Crippen LogP contribution >= 0.6 is 11.8 Å². The number of amidine groups is 1. The number of amides is 1. The fraction of sp³-hybridized carbons (Fsp3) is 0.207. The molecule has 0 radical (unpaired) electrons. The quantitative estimate of drug-likeness (QED) is 0.339. The van der Waals surface area contributed by atoms with Crippen molar-refractivity contribution in [3.63, 3.8) is 0 Å². The molecule has 0 aliphatic carbocycles. The topological polar surface area (TPSA) is 88.4 Å². The fourth-order valence-corrected chi connectivity index (χ4v) is 4.61. The fourth-order valence-electron chi connectivity index (χ4n) is 3.61. The van der Waals surface area contributed by atoms with Crippen molar-refractivity contribution in [1.29, 1.82) is 0 Å². The highest BCUT2D eigenvalue weighted by Gasteiger charge is 2.33. The number of methoxy groups -OCH3 is 1. The summed E-state index contributed by atoms with van der Waals surface area (Å²) in [7, 11) is 1.62. The summed E-state index contributed by atoms with van der Waals surface area (Å²) in [5, 5.41) is 9.66. The van der Waals surface area contributed by atoms with Crippen LogP contribution in [0.4, 0.5) is 5.69 Å². The maximum atomic E-state index is 13.2. The lowest BCUT2D eigenvalue weighted by Crippen LogP contribution is -2.32. The minimum atomic E-state index is -0.956. The van der Waals surface area contributed by atoms with Crippen molar-refractivity contribution in [3.8, 4) is 11.5 Å². The van der Waals surface area contributed by atoms with E-state index < -0.39 is 5.97 Å². The third kappa shape index (κ3) is 6.80. The van der Waals surface area contributed by atoms with Crippen LogP contribution in [-0.2, 0) is 11.4 Å². The molecule has 0 spiro atoms. The molecule has 3 aromatic rings. The summed E-state index contributed by atoms with van der Waals surface area (Å²) >= 11 is 1.37. The predicted octanol–water partition coefficient (Wildman–Crippen LogP) is 6.23. The number of carbonyl (C=O) groups is 2. The Kier molecular flexibility index (Phi) is 8.30. The van der Waals surface area contributed by atoms with Gasteiger partial charge in [0.15, 0.2) is 5.17 Å². The maximum Gasteiger partial charge on any atom is 0.335 e. The molecule has 1 aliphatic heterocycles. The standard InChI is InChI=1S/C29H28N2O5S/c1-19(2)17-31-27(32)26(37-29(31)30-23-10-14-24(35-3)15-11-23)16-20-6-12-25(13-7-20)36-18-21-4-8-22(9-5-21)28(33)34/h4-16,19H,17-18H2,1-3H3,(H,33,34)/b26-16-,30-29?. The van der Waals surface area contributed by atoms with Gasteiger partial charge in [-0.1, -0.05) is 38.1 Å². The smallest absolute Gasteiger partial charge is 0.335 e. The second kappa shape index (κ2) is 11.8. The van der Waals surface area contributed by atoms with Crippen molar-refractivity contribution in [1.82, 2.24) is 4.90 Å². The number of aliphatic imine (C=N–C) groups is 1. The Morgan fingerprint density at radius 3 is 2.24 bits per heavy atom. The van der Waals surface area contributed by atoms with E-state index in [0.717, 1.165) is 22.6 Å². The van der Waals surface area contributed by atoms with Crippen LogP contribution in [0.15, 0.2) is 82.7 Å². The highest BCUT2D eigenvalue weighted by atomic mass is 32.2. The molecule has 0 bridgehead atoms. The van der Waals surface area contributed by atoms with Crippen LogP contribution in [0, 0.1) is 5.92 Å². The molecule has 7 nitrogen and oxygen atoms in total. The van der Waals surface area contributed by atoms with Crippen molar-refractivity contribution >= 4 is 40.6 Å². The average Bonchev–Trinajstić information content (AvgIpc) is 3.17. The lowest BCUT2D eigenvalue weighted by atomic mass is 10.1. The summed E-state index contributed by atoms with van der Waals surface area (Å²) in [6.07, 6.45) is 1.87. The first kappa shape index (κ1) is 26.0. The summed E-state index contributed by atoms with van der Waals surface area (Å²) in [5.74, 6) is 0.709. The van der Waals surface area contributed by atoms with Crippen molar-refractivity contribution in [2.45, 2.75) is 20.5 Å². The van der Waals surface area contributed by atoms with Crippen LogP contribution in [0.25, 0.3) is 6.08 Å². The van der Waals surface area contributed by atoms with E-state index in [0.29, 0.717) is 34.9 Å². The molecule has 37 heavy (non-hydrogen) atoms. The Balaban J connectivity index is 1.46. The third-order valence-corrected chi connectivity index (χ3v) is 6.52. The molecular formula is C29H28N2O5S. The van der Waals surface area contributed by atoms with E-state index in [-0.39, 0.29) is 11.5 Å². The monoisotopic (exact) mass is 516 g/mol. The van der Waals surface area contributed by atoms with Gasteiger partial charge in [0.1, 0.15) is 18.1 Å². The van der Waals surface area contributed by atoms with E-state index in [2.05, 4.69) is 13.8 Å². The second-order valence-corrected chi connectivity index (χ2v) is 9.88. The van der Waals surface area contributed by atoms with Gasteiger partial charge in [0.2, 0.25) is 0 Å². The molecule has 0 saturated carbocycles. The van der Waals surface area contributed by atoms with Gasteiger partial charge in [0, 0.05) is 6.54 Å². The minimum Gasteiger partial charge on any atom is -0.497 e. The molecule has 190 valence electrons. The summed E-state index contributed by atoms with van der Waals surface area (Å²) in [5.41, 5.74) is 2.75. The Labute approximate surface area is 220 Å². The van der Waals surface area contributed by atoms with E-state index in [9.17, 15) is 9.59 Å². The number of hydrogen-bond donors (Lipinski definition) is 1. The summed E-state index contributed by atoms with van der Waals surface area (Å²) in [6.45, 7) is 5.05. The van der Waals surface area contributed by atoms with Crippen LogP contribution in [-0.4, -0.2) is 40.7 Å². The molecule has 0 unspecified atom stereocenters. The zero-order valence-electron chi connectivity index (χ0n) is 20.9. The highest BCUT2D eigenvalue weighted by Crippen LogP contribution is 2.35. The molecule has 1 saturated heterocycles. The van der Waals surface area contributed by atoms with Crippen molar-refractivity contribution in [2.75, 3.05) is 13.7 Å². The van der Waals surface area contributed by atoms with Crippen LogP contribution in [0.3, 0.4) is 0 Å². The zero-order valence-corrected chi connectivity index (χ0v) is 21.7. The first-order valence-electron chi connectivity index (χ1n) is 11.8. The minimum absolute atomic E-state index is 0.0592. The molecule has 1 aliphatic rings. The normalized spacial score (nSPS) is 15.6. The number of thioether (sulfide) groups is 1. The number of rotatable bonds is 9. The summed E-state index contributed by atoms with van der Waals surface area (Å²) < 4.78 is 11.0. The molecule has 8 heteroatoms. The molecule has 1 N–H and O–H groups in total. The Bertz CT molecular complexity index is 1310. The molecule has 0 atom stereocenters. The van der Waals surface area contributed by atoms with Crippen molar-refractivity contribution < 1.29 is 24.2 Å². The van der Waals surface area contributed by atoms with E-state index in [1.54, 1.807) is 36.3 Å². The number of carbonyl (C=O) groups excluding carboxylic acids is 1. The van der Waals surface area contributed by atoms with Crippen molar-refractivity contribution in [2.24, 2.45) is 10.9 Å². The molecule has 1 heterocycles. The lowest BCUT2D eigenvalue weighted by molar-refractivity contribution is -0.122. The number of aromatic carboxylic acids is 1. The van der Waals surface area contributed by atoms with Gasteiger partial charge in [-0.3, -0.25) is 9.69 Å². The van der Waals surface area contributed by atoms with E-state index >= 15 is 0 Å². The number of carboxylic acid groups (broad SMARTS) is 1. The van der Waals surface area contributed by atoms with Gasteiger partial charge < -0.3 is 14.6 Å². The van der Waals surface area contributed by atoms with Gasteiger partial charge in [0.05, 0.1) is 23.3 Å². The summed E-state index contributed by atoms with van der Waals surface area (Å²) in [4.78, 5) is 31.3. The second-order valence-electron chi connectivity index (χ2n) is 8.87. The number of benzene rings is 3. The average molecular weight is 517 g/mol. The van der Waals surface area contributed by atoms with Crippen LogP contribution < -0.4 is 9.47 Å². The van der Waals surface area contributed by atoms with Crippen LogP contribution in [0.2, 0.25) is 0 Å². The van der Waals surface area contributed by atoms with Gasteiger partial charge in [-0.15, -0.1) is 0 Å². The first-order valence-corrected chi connectivity index (χ1v) is 12.6. The third-order valence-electron chi connectivity index (χ3n) is 5.52. The molecule has 3 aromatic carbocycles. The predicted molar refractivity (Wildman–Crippen MR) is 146 cm³/mol. The number of ether oxygens (including phenoxy) is 2. The van der Waals surface area contributed by atoms with Crippen molar-refractivity contribution in [3.05, 3.63) is 94.4 Å². The lowest BCUT2D eigenvalue weighted by Gasteiger charge is -2.17. The van der Waals surface area contributed by atoms with Gasteiger partial charge >= 0.3 is 5.97 Å². The van der Waals surface area contributed by atoms with Crippen LogP contribution in [0.5, 0.6) is 11.5 Å². The Hall–Kier alpha value is -4.04. The zero-order chi connectivity index (χ0) is 26.4. The number of hydrogen-bond acceptors (Lipinski definition) is 6. The molecular weight excluding hydrogens is 488 g/mol. The SMILES string of the molecule is COc1ccc(N=C2S/C(=C\c3ccc(OCc4ccc(C(=O)O)cc4)cc3)C(=O)N2CC(C)C)cc1. The van der Waals surface area contributed by atoms with Crippen LogP contribution in [0.1, 0.15) is 35.3 Å². The largest absolute Gasteiger partial charge is 0.497 e. The van der Waals surface area contributed by atoms with E-state index in [4.69, 9.17) is 19.6 Å². The molecule has 1 fully saturated rings. The highest BCUT2D eigenvalue weighted by molar-refractivity contribution is 8.18. The maximum absolute atomic E-state index is 13.2. The van der Waals surface area contributed by atoms with E-state index in [1.807, 2.05) is 54.6 Å². The molecule has 0 aromatic heterocycles. The Morgan fingerprint density at radius 1 is 1.00 bits per heavy atom. The Morgan fingerprint density at radius 2 is 1.65 bits per heavy atom.